The first-order valence-corrected chi connectivity index (χ1v) is 5.10. The van der Waals surface area contributed by atoms with Crippen molar-refractivity contribution in [1.29, 1.82) is 0 Å². The summed E-state index contributed by atoms with van der Waals surface area (Å²) in [4.78, 5) is 13.2. The van der Waals surface area contributed by atoms with E-state index in [0.717, 1.165) is 22.2 Å². The van der Waals surface area contributed by atoms with Crippen molar-refractivity contribution in [3.05, 3.63) is 45.8 Å². The molecule has 0 aliphatic carbocycles. The molecular weight excluding hydrogens is 220 g/mol. The van der Waals surface area contributed by atoms with Crippen molar-refractivity contribution in [3.8, 4) is 5.75 Å². The lowest BCUT2D eigenvalue weighted by atomic mass is 10.1. The first-order valence-electron chi connectivity index (χ1n) is 5.10. The van der Waals surface area contributed by atoms with Crippen molar-refractivity contribution < 1.29 is 9.66 Å². The second kappa shape index (κ2) is 4.29. The number of ether oxygens (including phenoxy) is 1. The van der Waals surface area contributed by atoms with E-state index in [9.17, 15) is 10.1 Å². The van der Waals surface area contributed by atoms with E-state index in [4.69, 9.17) is 4.74 Å². The second-order valence-corrected chi connectivity index (χ2v) is 3.67. The number of hydrogen-bond acceptors (Lipinski definition) is 3. The number of aromatic nitrogens is 1. The molecule has 0 unspecified atom stereocenters. The van der Waals surface area contributed by atoms with Gasteiger partial charge in [0.25, 0.3) is 0 Å². The monoisotopic (exact) mass is 232 g/mol. The Morgan fingerprint density at radius 3 is 2.94 bits per heavy atom. The van der Waals surface area contributed by atoms with Gasteiger partial charge < -0.3 is 9.72 Å². The van der Waals surface area contributed by atoms with Gasteiger partial charge in [0.1, 0.15) is 5.75 Å². The number of nitrogens with one attached hydrogen (secondary N) is 1. The number of nitro groups is 1. The fraction of sp³-hybridized carbons (Fsp3) is 0.167. The molecule has 0 amide bonds. The molecule has 0 atom stereocenters. The minimum atomic E-state index is -0.404. The Kier molecular flexibility index (Phi) is 2.82. The largest absolute Gasteiger partial charge is 0.495 e. The van der Waals surface area contributed by atoms with Gasteiger partial charge in [0.2, 0.25) is 5.70 Å². The summed E-state index contributed by atoms with van der Waals surface area (Å²) in [6, 6.07) is 5.59. The van der Waals surface area contributed by atoms with Crippen molar-refractivity contribution in [2.45, 2.75) is 6.92 Å². The summed E-state index contributed by atoms with van der Waals surface area (Å²) < 4.78 is 5.21. The maximum absolute atomic E-state index is 10.6. The molecule has 1 aromatic carbocycles. The lowest BCUT2D eigenvalue weighted by Crippen LogP contribution is -1.92. The van der Waals surface area contributed by atoms with Crippen molar-refractivity contribution in [2.75, 3.05) is 7.11 Å². The Balaban J connectivity index is 2.58. The molecule has 2 rings (SSSR count). The molecule has 17 heavy (non-hydrogen) atoms. The quantitative estimate of drug-likeness (QED) is 0.653. The Hall–Kier alpha value is -2.30. The second-order valence-electron chi connectivity index (χ2n) is 3.67. The highest BCUT2D eigenvalue weighted by Gasteiger charge is 2.09. The number of nitrogens with zero attached hydrogens (tertiary/aromatic N) is 1. The van der Waals surface area contributed by atoms with E-state index in [0.29, 0.717) is 0 Å². The SMILES string of the molecule is COc1cccc2c(C=C(C)[N+](=O)[O-])c[nH]c12. The summed E-state index contributed by atoms with van der Waals surface area (Å²) in [5.74, 6) is 0.723. The summed E-state index contributed by atoms with van der Waals surface area (Å²) in [6.07, 6.45) is 3.28. The molecule has 0 aliphatic rings. The zero-order valence-electron chi connectivity index (χ0n) is 9.56. The molecule has 0 radical (unpaired) electrons. The van der Waals surface area contributed by atoms with Gasteiger partial charge in [-0.05, 0) is 6.07 Å². The van der Waals surface area contributed by atoms with E-state index in [2.05, 4.69) is 4.98 Å². The van der Waals surface area contributed by atoms with Gasteiger partial charge in [-0.15, -0.1) is 0 Å². The maximum Gasteiger partial charge on any atom is 0.243 e. The predicted molar refractivity (Wildman–Crippen MR) is 65.5 cm³/mol. The van der Waals surface area contributed by atoms with Crippen molar-refractivity contribution >= 4 is 17.0 Å². The van der Waals surface area contributed by atoms with E-state index in [1.54, 1.807) is 13.3 Å². The van der Waals surface area contributed by atoms with Crippen LogP contribution in [0.25, 0.3) is 17.0 Å². The topological polar surface area (TPSA) is 68.2 Å². The van der Waals surface area contributed by atoms with Crippen LogP contribution in [0.1, 0.15) is 12.5 Å². The molecule has 88 valence electrons. The van der Waals surface area contributed by atoms with Crippen LogP contribution in [-0.4, -0.2) is 17.0 Å². The van der Waals surface area contributed by atoms with Gasteiger partial charge in [0.15, 0.2) is 0 Å². The molecule has 5 heteroatoms. The van der Waals surface area contributed by atoms with Gasteiger partial charge in [0.05, 0.1) is 17.5 Å². The van der Waals surface area contributed by atoms with Crippen LogP contribution in [0.4, 0.5) is 0 Å². The van der Waals surface area contributed by atoms with E-state index >= 15 is 0 Å². The zero-order valence-corrected chi connectivity index (χ0v) is 9.56. The summed E-state index contributed by atoms with van der Waals surface area (Å²) >= 11 is 0. The standard InChI is InChI=1S/C12H12N2O3/c1-8(14(15)16)6-9-7-13-12-10(9)4-3-5-11(12)17-2/h3-7,13H,1-2H3. The predicted octanol–water partition coefficient (Wildman–Crippen LogP) is 2.81. The smallest absolute Gasteiger partial charge is 0.243 e. The molecule has 0 saturated carbocycles. The van der Waals surface area contributed by atoms with Crippen LogP contribution in [0.3, 0.4) is 0 Å². The molecule has 2 aromatic rings. The molecule has 1 aromatic heterocycles. The van der Waals surface area contributed by atoms with Gasteiger partial charge in [-0.3, -0.25) is 10.1 Å². The van der Waals surface area contributed by atoms with Crippen molar-refractivity contribution in [2.24, 2.45) is 0 Å². The maximum atomic E-state index is 10.6. The number of allylic oxidation sites excluding steroid dienone is 1. The van der Waals surface area contributed by atoms with Crippen LogP contribution >= 0.6 is 0 Å². The Morgan fingerprint density at radius 2 is 2.29 bits per heavy atom. The van der Waals surface area contributed by atoms with Crippen molar-refractivity contribution in [1.82, 2.24) is 4.98 Å². The summed E-state index contributed by atoms with van der Waals surface area (Å²) in [7, 11) is 1.59. The zero-order chi connectivity index (χ0) is 12.4. The van der Waals surface area contributed by atoms with Gasteiger partial charge in [0, 0.05) is 30.1 Å². The molecule has 0 bridgehead atoms. The number of rotatable bonds is 3. The van der Waals surface area contributed by atoms with Crippen LogP contribution < -0.4 is 4.74 Å². The summed E-state index contributed by atoms with van der Waals surface area (Å²) in [5.41, 5.74) is 1.74. The minimum absolute atomic E-state index is 0.105. The molecule has 1 heterocycles. The summed E-state index contributed by atoms with van der Waals surface area (Å²) in [6.45, 7) is 1.47. The third-order valence-corrected chi connectivity index (χ3v) is 2.58. The van der Waals surface area contributed by atoms with Crippen molar-refractivity contribution in [3.63, 3.8) is 0 Å². The fourth-order valence-electron chi connectivity index (χ4n) is 1.72. The summed E-state index contributed by atoms with van der Waals surface area (Å²) in [5, 5.41) is 11.5. The molecular formula is C12H12N2O3. The first kappa shape index (κ1) is 11.2. The van der Waals surface area contributed by atoms with Crippen LogP contribution in [-0.2, 0) is 0 Å². The van der Waals surface area contributed by atoms with Crippen LogP contribution in [0.2, 0.25) is 0 Å². The molecule has 0 fully saturated rings. The lowest BCUT2D eigenvalue weighted by molar-refractivity contribution is -0.422. The van der Waals surface area contributed by atoms with E-state index in [1.165, 1.54) is 13.0 Å². The van der Waals surface area contributed by atoms with Gasteiger partial charge in [-0.25, -0.2) is 0 Å². The number of H-pyrrole nitrogens is 1. The third-order valence-electron chi connectivity index (χ3n) is 2.58. The van der Waals surface area contributed by atoms with Crippen LogP contribution in [0, 0.1) is 10.1 Å². The number of aromatic amines is 1. The number of hydrogen-bond donors (Lipinski definition) is 1. The van der Waals surface area contributed by atoms with Gasteiger partial charge in [-0.1, -0.05) is 12.1 Å². The normalized spacial score (nSPS) is 11.8. The highest BCUT2D eigenvalue weighted by Crippen LogP contribution is 2.28. The minimum Gasteiger partial charge on any atom is -0.495 e. The number of para-hydroxylation sites is 1. The van der Waals surface area contributed by atoms with Crippen LogP contribution in [0.15, 0.2) is 30.1 Å². The van der Waals surface area contributed by atoms with E-state index in [-0.39, 0.29) is 5.70 Å². The lowest BCUT2D eigenvalue weighted by Gasteiger charge is -2.00. The number of fused-ring (bicyclic) bond motifs is 1. The van der Waals surface area contributed by atoms with Crippen LogP contribution in [0.5, 0.6) is 5.75 Å². The molecule has 1 N–H and O–H groups in total. The van der Waals surface area contributed by atoms with Gasteiger partial charge >= 0.3 is 0 Å². The molecule has 0 aliphatic heterocycles. The Labute approximate surface area is 97.9 Å². The number of methoxy groups -OCH3 is 1. The molecule has 0 saturated heterocycles. The number of benzene rings is 1. The Morgan fingerprint density at radius 1 is 1.53 bits per heavy atom. The van der Waals surface area contributed by atoms with E-state index in [1.807, 2.05) is 18.2 Å². The molecule has 0 spiro atoms. The first-order chi connectivity index (χ1) is 8.13. The fourth-order valence-corrected chi connectivity index (χ4v) is 1.72. The Bertz CT molecular complexity index is 599. The van der Waals surface area contributed by atoms with Gasteiger partial charge in [-0.2, -0.15) is 0 Å². The molecule has 5 nitrogen and oxygen atoms in total. The average Bonchev–Trinajstić information content (AvgIpc) is 2.72. The third kappa shape index (κ3) is 1.99. The van der Waals surface area contributed by atoms with E-state index < -0.39 is 4.92 Å². The average molecular weight is 232 g/mol. The highest BCUT2D eigenvalue weighted by atomic mass is 16.6. The highest BCUT2D eigenvalue weighted by molar-refractivity contribution is 5.92.